The van der Waals surface area contributed by atoms with Gasteiger partial charge in [-0.05, 0) is 37.2 Å². The average Bonchev–Trinajstić information content (AvgIpc) is 2.37. The van der Waals surface area contributed by atoms with Crippen LogP contribution in [0.4, 0.5) is 8.78 Å². The summed E-state index contributed by atoms with van der Waals surface area (Å²) in [7, 11) is 0. The molecule has 1 fully saturated rings. The van der Waals surface area contributed by atoms with Gasteiger partial charge in [-0.1, -0.05) is 25.5 Å². The van der Waals surface area contributed by atoms with Crippen molar-refractivity contribution in [2.24, 2.45) is 5.41 Å². The molecule has 0 aromatic carbocycles. The highest BCUT2D eigenvalue weighted by Crippen LogP contribution is 2.40. The van der Waals surface area contributed by atoms with Crippen molar-refractivity contribution in [3.63, 3.8) is 0 Å². The first-order valence-corrected chi connectivity index (χ1v) is 7.76. The van der Waals surface area contributed by atoms with Gasteiger partial charge in [0.15, 0.2) is 0 Å². The highest BCUT2D eigenvalue weighted by Gasteiger charge is 2.35. The summed E-state index contributed by atoms with van der Waals surface area (Å²) < 4.78 is 26.2. The smallest absolute Gasteiger partial charge is 0.251 e. The third-order valence-corrected chi connectivity index (χ3v) is 4.74. The van der Waals surface area contributed by atoms with Crippen molar-refractivity contribution >= 4 is 5.91 Å². The van der Waals surface area contributed by atoms with Crippen LogP contribution < -0.4 is 0 Å². The van der Waals surface area contributed by atoms with Gasteiger partial charge in [0, 0.05) is 32.0 Å². The Morgan fingerprint density at radius 3 is 2.38 bits per heavy atom. The maximum atomic E-state index is 13.1. The molecule has 0 atom stereocenters. The second kappa shape index (κ2) is 5.90. The molecule has 0 unspecified atom stereocenters. The van der Waals surface area contributed by atoms with E-state index in [1.54, 1.807) is 6.08 Å². The first kappa shape index (κ1) is 16.2. The van der Waals surface area contributed by atoms with E-state index < -0.39 is 5.92 Å². The van der Waals surface area contributed by atoms with Crippen LogP contribution in [0.15, 0.2) is 23.3 Å². The predicted octanol–water partition coefficient (Wildman–Crippen LogP) is 4.33. The Balaban J connectivity index is 2.02. The zero-order valence-electron chi connectivity index (χ0n) is 13.2. The summed E-state index contributed by atoms with van der Waals surface area (Å²) >= 11 is 0. The molecule has 1 amide bonds. The van der Waals surface area contributed by atoms with Crippen molar-refractivity contribution in [3.05, 3.63) is 23.3 Å². The van der Waals surface area contributed by atoms with Crippen LogP contribution in [0.3, 0.4) is 0 Å². The number of allylic oxidation sites excluding steroid dienone is 3. The molecule has 1 aliphatic carbocycles. The average molecular weight is 297 g/mol. The summed E-state index contributed by atoms with van der Waals surface area (Å²) in [4.78, 5) is 13.7. The van der Waals surface area contributed by atoms with E-state index in [2.05, 4.69) is 20.8 Å². The van der Waals surface area contributed by atoms with E-state index in [1.807, 2.05) is 6.08 Å². The number of halogens is 2. The summed E-state index contributed by atoms with van der Waals surface area (Å²) in [5.74, 6) is -2.75. The molecule has 0 aromatic rings. The SMILES string of the molecule is CC1=C(/C=C/C(=O)N2CCC(F)(F)CC2)C(C)(C)CCC1. The number of hydrogen-bond donors (Lipinski definition) is 0. The summed E-state index contributed by atoms with van der Waals surface area (Å²) in [6.07, 6.45) is 6.41. The molecule has 1 heterocycles. The van der Waals surface area contributed by atoms with E-state index in [-0.39, 0.29) is 37.3 Å². The minimum absolute atomic E-state index is 0.0913. The first-order chi connectivity index (χ1) is 9.71. The molecule has 0 N–H and O–H groups in total. The second-order valence-corrected chi connectivity index (χ2v) is 6.95. The third-order valence-electron chi connectivity index (χ3n) is 4.74. The predicted molar refractivity (Wildman–Crippen MR) is 80.2 cm³/mol. The lowest BCUT2D eigenvalue weighted by Gasteiger charge is -2.33. The Labute approximate surface area is 125 Å². The van der Waals surface area contributed by atoms with Crippen LogP contribution in [0, 0.1) is 5.41 Å². The highest BCUT2D eigenvalue weighted by atomic mass is 19.3. The van der Waals surface area contributed by atoms with Crippen molar-refractivity contribution in [1.29, 1.82) is 0 Å². The topological polar surface area (TPSA) is 20.3 Å². The largest absolute Gasteiger partial charge is 0.339 e. The van der Waals surface area contributed by atoms with Gasteiger partial charge in [0.25, 0.3) is 5.92 Å². The summed E-state index contributed by atoms with van der Waals surface area (Å²) in [5, 5.41) is 0. The van der Waals surface area contributed by atoms with Crippen molar-refractivity contribution < 1.29 is 13.6 Å². The van der Waals surface area contributed by atoms with Crippen molar-refractivity contribution in [1.82, 2.24) is 4.90 Å². The third kappa shape index (κ3) is 3.92. The van der Waals surface area contributed by atoms with Gasteiger partial charge in [0.1, 0.15) is 0 Å². The number of carbonyl (C=O) groups is 1. The van der Waals surface area contributed by atoms with E-state index in [0.29, 0.717) is 0 Å². The minimum Gasteiger partial charge on any atom is -0.339 e. The van der Waals surface area contributed by atoms with E-state index in [4.69, 9.17) is 0 Å². The number of nitrogens with zero attached hydrogens (tertiary/aromatic N) is 1. The van der Waals surface area contributed by atoms with Gasteiger partial charge in [0.05, 0.1) is 0 Å². The van der Waals surface area contributed by atoms with E-state index in [9.17, 15) is 13.6 Å². The van der Waals surface area contributed by atoms with Gasteiger partial charge in [-0.25, -0.2) is 8.78 Å². The van der Waals surface area contributed by atoms with Crippen LogP contribution in [0.1, 0.15) is 52.9 Å². The number of alkyl halides is 2. The molecule has 0 radical (unpaired) electrons. The fourth-order valence-electron chi connectivity index (χ4n) is 3.32. The lowest BCUT2D eigenvalue weighted by molar-refractivity contribution is -0.132. The van der Waals surface area contributed by atoms with Crippen LogP contribution in [0.25, 0.3) is 0 Å². The molecule has 4 heteroatoms. The molecule has 21 heavy (non-hydrogen) atoms. The van der Waals surface area contributed by atoms with Crippen molar-refractivity contribution in [2.75, 3.05) is 13.1 Å². The highest BCUT2D eigenvalue weighted by molar-refractivity contribution is 5.88. The first-order valence-electron chi connectivity index (χ1n) is 7.76. The Morgan fingerprint density at radius 1 is 1.19 bits per heavy atom. The molecule has 118 valence electrons. The van der Waals surface area contributed by atoms with E-state index in [0.717, 1.165) is 12.8 Å². The lowest BCUT2D eigenvalue weighted by Crippen LogP contribution is -2.42. The quantitative estimate of drug-likeness (QED) is 0.695. The molecule has 0 bridgehead atoms. The molecular weight excluding hydrogens is 272 g/mol. The van der Waals surface area contributed by atoms with Crippen LogP contribution >= 0.6 is 0 Å². The fourth-order valence-corrected chi connectivity index (χ4v) is 3.32. The molecule has 2 aliphatic rings. The molecule has 0 spiro atoms. The molecule has 2 rings (SSSR count). The number of amides is 1. The standard InChI is InChI=1S/C17H25F2NO/c1-13-5-4-8-16(2,3)14(13)6-7-15(21)20-11-9-17(18,19)10-12-20/h6-7H,4-5,8-12H2,1-3H3/b7-6+. The fraction of sp³-hybridized carbons (Fsp3) is 0.706. The monoisotopic (exact) mass is 297 g/mol. The molecule has 0 saturated carbocycles. The van der Waals surface area contributed by atoms with Gasteiger partial charge in [-0.15, -0.1) is 0 Å². The minimum atomic E-state index is -2.61. The van der Waals surface area contributed by atoms with Crippen molar-refractivity contribution in [3.8, 4) is 0 Å². The molecule has 0 aromatic heterocycles. The zero-order valence-corrected chi connectivity index (χ0v) is 13.2. The number of piperidine rings is 1. The van der Waals surface area contributed by atoms with Gasteiger partial charge in [0.2, 0.25) is 5.91 Å². The van der Waals surface area contributed by atoms with Crippen LogP contribution in [-0.2, 0) is 4.79 Å². The number of rotatable bonds is 2. The lowest BCUT2D eigenvalue weighted by atomic mass is 9.72. The van der Waals surface area contributed by atoms with Gasteiger partial charge < -0.3 is 4.90 Å². The van der Waals surface area contributed by atoms with E-state index in [1.165, 1.54) is 22.5 Å². The van der Waals surface area contributed by atoms with Crippen molar-refractivity contribution in [2.45, 2.75) is 58.8 Å². The van der Waals surface area contributed by atoms with E-state index >= 15 is 0 Å². The normalized spacial score (nSPS) is 25.5. The van der Waals surface area contributed by atoms with Gasteiger partial charge >= 0.3 is 0 Å². The Morgan fingerprint density at radius 2 is 1.81 bits per heavy atom. The molecule has 1 saturated heterocycles. The number of hydrogen-bond acceptors (Lipinski definition) is 1. The van der Waals surface area contributed by atoms with Gasteiger partial charge in [-0.3, -0.25) is 4.79 Å². The maximum absolute atomic E-state index is 13.1. The van der Waals surface area contributed by atoms with Crippen LogP contribution in [0.2, 0.25) is 0 Å². The molecule has 1 aliphatic heterocycles. The molecule has 2 nitrogen and oxygen atoms in total. The Hall–Kier alpha value is -1.19. The van der Waals surface area contributed by atoms with Crippen LogP contribution in [-0.4, -0.2) is 29.8 Å². The summed E-state index contributed by atoms with van der Waals surface area (Å²) in [6, 6.07) is 0. The molecular formula is C17H25F2NO. The zero-order chi connectivity index (χ0) is 15.7. The summed E-state index contributed by atoms with van der Waals surface area (Å²) in [5.41, 5.74) is 2.65. The van der Waals surface area contributed by atoms with Gasteiger partial charge in [-0.2, -0.15) is 0 Å². The number of carbonyl (C=O) groups excluding carboxylic acids is 1. The number of likely N-dealkylation sites (tertiary alicyclic amines) is 1. The second-order valence-electron chi connectivity index (χ2n) is 6.95. The van der Waals surface area contributed by atoms with Crippen LogP contribution in [0.5, 0.6) is 0 Å². The Kier molecular flexibility index (Phi) is 4.54. The Bertz CT molecular complexity index is 467. The maximum Gasteiger partial charge on any atom is 0.251 e. The summed E-state index contributed by atoms with van der Waals surface area (Å²) in [6.45, 7) is 6.81.